The van der Waals surface area contributed by atoms with E-state index in [4.69, 9.17) is 0 Å². The Morgan fingerprint density at radius 1 is 1.32 bits per heavy atom. The van der Waals surface area contributed by atoms with Gasteiger partial charge in [0.1, 0.15) is 12.2 Å². The number of nitrogens with one attached hydrogen (secondary N) is 1. The minimum Gasteiger partial charge on any atom is -0.354 e. The van der Waals surface area contributed by atoms with Crippen LogP contribution in [0.5, 0.6) is 0 Å². The largest absolute Gasteiger partial charge is 0.435 e. The highest BCUT2D eigenvalue weighted by Crippen LogP contribution is 2.31. The number of amides is 2. The topological polar surface area (TPSA) is 80.1 Å². The van der Waals surface area contributed by atoms with Gasteiger partial charge in [0.25, 0.3) is 5.91 Å². The Kier molecular flexibility index (Phi) is 5.73. The lowest BCUT2D eigenvalue weighted by Crippen LogP contribution is -2.40. The Bertz CT molecular complexity index is 869. The molecule has 0 radical (unpaired) electrons. The fourth-order valence-electron chi connectivity index (χ4n) is 3.12. The van der Waals surface area contributed by atoms with Gasteiger partial charge in [0.05, 0.1) is 5.01 Å². The number of rotatable bonds is 4. The van der Waals surface area contributed by atoms with Crippen molar-refractivity contribution in [3.05, 3.63) is 33.5 Å². The number of aromatic nitrogens is 3. The molecule has 2 amide bonds. The molecule has 0 bridgehead atoms. The minimum atomic E-state index is -4.53. The van der Waals surface area contributed by atoms with Crippen molar-refractivity contribution >= 4 is 23.2 Å². The van der Waals surface area contributed by atoms with Gasteiger partial charge in [-0.1, -0.05) is 0 Å². The average molecular weight is 415 g/mol. The Labute approximate surface area is 163 Å². The van der Waals surface area contributed by atoms with Gasteiger partial charge in [0.2, 0.25) is 5.91 Å². The van der Waals surface area contributed by atoms with Crippen LogP contribution in [0.15, 0.2) is 11.4 Å². The lowest BCUT2D eigenvalue weighted by atomic mass is 9.97. The Morgan fingerprint density at radius 2 is 2.00 bits per heavy atom. The summed E-state index contributed by atoms with van der Waals surface area (Å²) in [5.74, 6) is -0.331. The molecule has 2 aromatic rings. The molecule has 7 nitrogen and oxygen atoms in total. The summed E-state index contributed by atoms with van der Waals surface area (Å²) in [6.45, 7) is 2.26. The summed E-state index contributed by atoms with van der Waals surface area (Å²) in [4.78, 5) is 30.1. The molecule has 3 heterocycles. The van der Waals surface area contributed by atoms with E-state index in [1.54, 1.807) is 17.3 Å². The maximum atomic E-state index is 12.8. The van der Waals surface area contributed by atoms with Crippen LogP contribution in [0.25, 0.3) is 0 Å². The van der Waals surface area contributed by atoms with Crippen LogP contribution in [0.1, 0.15) is 45.6 Å². The highest BCUT2D eigenvalue weighted by molar-refractivity contribution is 7.09. The van der Waals surface area contributed by atoms with E-state index in [0.29, 0.717) is 37.3 Å². The second kappa shape index (κ2) is 7.90. The predicted octanol–water partition coefficient (Wildman–Crippen LogP) is 2.43. The number of hydrogen-bond donors (Lipinski definition) is 1. The van der Waals surface area contributed by atoms with Gasteiger partial charge in [0.15, 0.2) is 5.69 Å². The van der Waals surface area contributed by atoms with Gasteiger partial charge < -0.3 is 10.2 Å². The SMILES string of the molecule is CNC(=O)c1csc(C2CCN(C(=O)Cn3nc(C(F)(F)F)cc3C)CC2)n1. The molecule has 0 aliphatic carbocycles. The normalized spacial score (nSPS) is 15.7. The van der Waals surface area contributed by atoms with Crippen LogP contribution in [0.2, 0.25) is 0 Å². The van der Waals surface area contributed by atoms with Crippen molar-refractivity contribution in [3.63, 3.8) is 0 Å². The number of carbonyl (C=O) groups excluding carboxylic acids is 2. The summed E-state index contributed by atoms with van der Waals surface area (Å²) in [6, 6.07) is 0.937. The highest BCUT2D eigenvalue weighted by atomic mass is 32.1. The summed E-state index contributed by atoms with van der Waals surface area (Å²) >= 11 is 1.42. The van der Waals surface area contributed by atoms with Crippen LogP contribution in [0, 0.1) is 6.92 Å². The van der Waals surface area contributed by atoms with Crippen molar-refractivity contribution in [3.8, 4) is 0 Å². The molecule has 1 saturated heterocycles. The van der Waals surface area contributed by atoms with Gasteiger partial charge in [-0.3, -0.25) is 14.3 Å². The van der Waals surface area contributed by atoms with Crippen LogP contribution in [0.3, 0.4) is 0 Å². The van der Waals surface area contributed by atoms with Crippen LogP contribution in [-0.2, 0) is 17.5 Å². The molecule has 0 aromatic carbocycles. The maximum Gasteiger partial charge on any atom is 0.435 e. The summed E-state index contributed by atoms with van der Waals surface area (Å²) < 4.78 is 39.3. The van der Waals surface area contributed by atoms with Crippen molar-refractivity contribution in [2.24, 2.45) is 0 Å². The van der Waals surface area contributed by atoms with Gasteiger partial charge in [-0.25, -0.2) is 4.98 Å². The van der Waals surface area contributed by atoms with Crippen LogP contribution in [0.4, 0.5) is 13.2 Å². The first-order valence-corrected chi connectivity index (χ1v) is 9.64. The second-order valence-corrected chi connectivity index (χ2v) is 7.52. The Hall–Kier alpha value is -2.43. The smallest absolute Gasteiger partial charge is 0.354 e. The summed E-state index contributed by atoms with van der Waals surface area (Å²) in [6.07, 6.45) is -3.14. The van der Waals surface area contributed by atoms with E-state index >= 15 is 0 Å². The van der Waals surface area contributed by atoms with E-state index in [-0.39, 0.29) is 24.3 Å². The molecule has 1 aliphatic heterocycles. The zero-order valence-corrected chi connectivity index (χ0v) is 16.2. The van der Waals surface area contributed by atoms with Crippen molar-refractivity contribution in [1.82, 2.24) is 25.0 Å². The standard InChI is InChI=1S/C17H20F3N5O2S/c1-10-7-13(17(18,19)20)23-25(10)8-14(26)24-5-3-11(4-6-24)16-22-12(9-28-16)15(27)21-2/h7,9,11H,3-6,8H2,1-2H3,(H,21,27). The number of aryl methyl sites for hydroxylation is 1. The molecule has 11 heteroatoms. The molecule has 3 rings (SSSR count). The summed E-state index contributed by atoms with van der Waals surface area (Å²) in [7, 11) is 1.55. The number of likely N-dealkylation sites (tertiary alicyclic amines) is 1. The van der Waals surface area contributed by atoms with Crippen molar-refractivity contribution in [2.75, 3.05) is 20.1 Å². The zero-order chi connectivity index (χ0) is 20.5. The van der Waals surface area contributed by atoms with Gasteiger partial charge >= 0.3 is 6.18 Å². The summed E-state index contributed by atoms with van der Waals surface area (Å²) in [5.41, 5.74) is -0.317. The molecule has 0 unspecified atom stereocenters. The minimum absolute atomic E-state index is 0.163. The zero-order valence-electron chi connectivity index (χ0n) is 15.4. The quantitative estimate of drug-likeness (QED) is 0.832. The third kappa shape index (κ3) is 4.34. The molecule has 28 heavy (non-hydrogen) atoms. The van der Waals surface area contributed by atoms with Crippen molar-refractivity contribution in [2.45, 2.75) is 38.4 Å². The number of carbonyl (C=O) groups is 2. The predicted molar refractivity (Wildman–Crippen MR) is 96.0 cm³/mol. The number of alkyl halides is 3. The molecule has 1 fully saturated rings. The van der Waals surface area contributed by atoms with Crippen LogP contribution in [-0.4, -0.2) is 51.6 Å². The first kappa shape index (κ1) is 20.3. The van der Waals surface area contributed by atoms with E-state index in [9.17, 15) is 22.8 Å². The van der Waals surface area contributed by atoms with E-state index < -0.39 is 11.9 Å². The van der Waals surface area contributed by atoms with Crippen LogP contribution >= 0.6 is 11.3 Å². The van der Waals surface area contributed by atoms with Gasteiger partial charge in [-0.15, -0.1) is 11.3 Å². The van der Waals surface area contributed by atoms with Gasteiger partial charge in [-0.05, 0) is 25.8 Å². The van der Waals surface area contributed by atoms with Crippen molar-refractivity contribution < 1.29 is 22.8 Å². The third-order valence-electron chi connectivity index (χ3n) is 4.74. The van der Waals surface area contributed by atoms with E-state index in [1.807, 2.05) is 0 Å². The Morgan fingerprint density at radius 3 is 2.57 bits per heavy atom. The number of nitrogens with zero attached hydrogens (tertiary/aromatic N) is 4. The fraction of sp³-hybridized carbons (Fsp3) is 0.529. The summed E-state index contributed by atoms with van der Waals surface area (Å²) in [5, 5.41) is 8.61. The van der Waals surface area contributed by atoms with E-state index in [0.717, 1.165) is 15.8 Å². The molecular weight excluding hydrogens is 395 g/mol. The number of thiazole rings is 1. The van der Waals surface area contributed by atoms with Crippen molar-refractivity contribution in [1.29, 1.82) is 0 Å². The molecule has 0 spiro atoms. The first-order valence-electron chi connectivity index (χ1n) is 8.76. The van der Waals surface area contributed by atoms with Crippen LogP contribution < -0.4 is 5.32 Å². The highest BCUT2D eigenvalue weighted by Gasteiger charge is 2.35. The van der Waals surface area contributed by atoms with E-state index in [1.165, 1.54) is 18.3 Å². The molecule has 152 valence electrons. The first-order chi connectivity index (χ1) is 13.2. The molecular formula is C17H20F3N5O2S. The van der Waals surface area contributed by atoms with Gasteiger partial charge in [-0.2, -0.15) is 18.3 Å². The number of halogens is 3. The molecule has 1 aliphatic rings. The lowest BCUT2D eigenvalue weighted by molar-refractivity contribution is -0.142. The van der Waals surface area contributed by atoms with E-state index in [2.05, 4.69) is 15.4 Å². The number of hydrogen-bond acceptors (Lipinski definition) is 5. The molecule has 0 saturated carbocycles. The maximum absolute atomic E-state index is 12.8. The third-order valence-corrected chi connectivity index (χ3v) is 5.74. The lowest BCUT2D eigenvalue weighted by Gasteiger charge is -2.31. The molecule has 2 aromatic heterocycles. The molecule has 0 atom stereocenters. The second-order valence-electron chi connectivity index (χ2n) is 6.63. The monoisotopic (exact) mass is 415 g/mol. The Balaban J connectivity index is 1.58. The number of piperidine rings is 1. The average Bonchev–Trinajstić information content (AvgIpc) is 3.28. The van der Waals surface area contributed by atoms with Gasteiger partial charge in [0, 0.05) is 37.1 Å². The fourth-order valence-corrected chi connectivity index (χ4v) is 4.09. The molecule has 1 N–H and O–H groups in total.